The van der Waals surface area contributed by atoms with Crippen molar-refractivity contribution >= 4 is 23.5 Å². The van der Waals surface area contributed by atoms with Crippen LogP contribution in [0.2, 0.25) is 0 Å². The Morgan fingerprint density at radius 1 is 1.27 bits per heavy atom. The fourth-order valence-corrected chi connectivity index (χ4v) is 3.69. The van der Waals surface area contributed by atoms with Crippen LogP contribution in [-0.2, 0) is 11.3 Å². The lowest BCUT2D eigenvalue weighted by molar-refractivity contribution is 0.115. The average molecular weight is 372 g/mol. The van der Waals surface area contributed by atoms with Gasteiger partial charge in [-0.1, -0.05) is 24.3 Å². The minimum absolute atomic E-state index is 0.139. The zero-order valence-electron chi connectivity index (χ0n) is 15.3. The monoisotopic (exact) mass is 372 g/mol. The number of ether oxygens (including phenoxy) is 2. The van der Waals surface area contributed by atoms with Crippen LogP contribution >= 0.6 is 11.8 Å². The molecule has 1 unspecified atom stereocenters. The maximum absolute atomic E-state index is 12.1. The summed E-state index contributed by atoms with van der Waals surface area (Å²) in [4.78, 5) is 17.1. The number of hydrogen-bond acceptors (Lipinski definition) is 5. The number of methoxy groups -OCH3 is 1. The lowest BCUT2D eigenvalue weighted by Crippen LogP contribution is -2.32. The van der Waals surface area contributed by atoms with Crippen LogP contribution in [0.1, 0.15) is 5.56 Å². The molecule has 1 heterocycles. The molecule has 5 nitrogen and oxygen atoms in total. The van der Waals surface area contributed by atoms with Gasteiger partial charge in [0.25, 0.3) is 0 Å². The summed E-state index contributed by atoms with van der Waals surface area (Å²) < 4.78 is 11.0. The standard InChI is InChI=1S/C20H24N2O3S/c1-21(12-15-9-10-19(26-3)18(11-15)24-2)13-17-14-22(20(23)25-17)16-7-5-4-6-8-16/h4-11,17H,12-14H2,1-3H3. The van der Waals surface area contributed by atoms with Gasteiger partial charge in [-0.3, -0.25) is 9.80 Å². The highest BCUT2D eigenvalue weighted by atomic mass is 32.2. The highest BCUT2D eigenvalue weighted by molar-refractivity contribution is 7.98. The van der Waals surface area contributed by atoms with Crippen LogP contribution in [0.3, 0.4) is 0 Å². The van der Waals surface area contributed by atoms with Crippen molar-refractivity contribution < 1.29 is 14.3 Å². The van der Waals surface area contributed by atoms with E-state index < -0.39 is 0 Å². The molecule has 6 heteroatoms. The van der Waals surface area contributed by atoms with Gasteiger partial charge in [-0.2, -0.15) is 0 Å². The Balaban J connectivity index is 1.59. The summed E-state index contributed by atoms with van der Waals surface area (Å²) in [6.07, 6.45) is 1.62. The van der Waals surface area contributed by atoms with E-state index in [2.05, 4.69) is 23.1 Å². The summed E-state index contributed by atoms with van der Waals surface area (Å²) in [5.41, 5.74) is 2.05. The van der Waals surface area contributed by atoms with E-state index in [0.717, 1.165) is 22.9 Å². The minimum Gasteiger partial charge on any atom is -0.496 e. The van der Waals surface area contributed by atoms with Gasteiger partial charge in [0.05, 0.1) is 13.7 Å². The number of carbonyl (C=O) groups excluding carboxylic acids is 1. The second-order valence-electron chi connectivity index (χ2n) is 6.34. The Bertz CT molecular complexity index is 754. The van der Waals surface area contributed by atoms with Gasteiger partial charge in [-0.25, -0.2) is 4.79 Å². The second-order valence-corrected chi connectivity index (χ2v) is 7.19. The molecule has 2 aromatic rings. The number of carbonyl (C=O) groups is 1. The van der Waals surface area contributed by atoms with Gasteiger partial charge in [0.2, 0.25) is 0 Å². The quantitative estimate of drug-likeness (QED) is 0.690. The van der Waals surface area contributed by atoms with Crippen LogP contribution in [0.15, 0.2) is 53.4 Å². The maximum atomic E-state index is 12.1. The normalized spacial score (nSPS) is 16.8. The molecule has 0 bridgehead atoms. The fourth-order valence-electron chi connectivity index (χ4n) is 3.14. The van der Waals surface area contributed by atoms with Crippen LogP contribution in [0.25, 0.3) is 0 Å². The van der Waals surface area contributed by atoms with Gasteiger partial charge in [0, 0.05) is 23.7 Å². The highest BCUT2D eigenvalue weighted by Gasteiger charge is 2.32. The number of likely N-dealkylation sites (N-methyl/N-ethyl adjacent to an activating group) is 1. The number of nitrogens with zero attached hydrogens (tertiary/aromatic N) is 2. The summed E-state index contributed by atoms with van der Waals surface area (Å²) in [5, 5.41) is 0. The topological polar surface area (TPSA) is 42.0 Å². The molecular weight excluding hydrogens is 348 g/mol. The first kappa shape index (κ1) is 18.6. The molecule has 1 aliphatic rings. The number of hydrogen-bond donors (Lipinski definition) is 0. The van der Waals surface area contributed by atoms with Crippen LogP contribution in [0, 0.1) is 0 Å². The Morgan fingerprint density at radius 3 is 2.73 bits per heavy atom. The number of thioether (sulfide) groups is 1. The Hall–Kier alpha value is -2.18. The first-order chi connectivity index (χ1) is 12.6. The fraction of sp³-hybridized carbons (Fsp3) is 0.350. The van der Waals surface area contributed by atoms with Crippen LogP contribution in [0.5, 0.6) is 5.75 Å². The number of anilines is 1. The van der Waals surface area contributed by atoms with E-state index in [-0.39, 0.29) is 12.2 Å². The summed E-state index contributed by atoms with van der Waals surface area (Å²) in [6, 6.07) is 15.9. The van der Waals surface area contributed by atoms with Crippen molar-refractivity contribution in [3.8, 4) is 5.75 Å². The molecule has 1 aliphatic heterocycles. The van der Waals surface area contributed by atoms with Crippen molar-refractivity contribution in [2.24, 2.45) is 0 Å². The molecule has 1 atom stereocenters. The molecule has 0 aliphatic carbocycles. The summed E-state index contributed by atoms with van der Waals surface area (Å²) in [7, 11) is 3.73. The summed E-state index contributed by atoms with van der Waals surface area (Å²) in [6.45, 7) is 2.02. The van der Waals surface area contributed by atoms with Crippen molar-refractivity contribution in [3.05, 3.63) is 54.1 Å². The number of amides is 1. The molecule has 0 saturated carbocycles. The molecular formula is C20H24N2O3S. The van der Waals surface area contributed by atoms with Gasteiger partial charge < -0.3 is 9.47 Å². The minimum atomic E-state index is -0.277. The first-order valence-electron chi connectivity index (χ1n) is 8.53. The molecule has 2 aromatic carbocycles. The third kappa shape index (κ3) is 4.31. The van der Waals surface area contributed by atoms with Crippen LogP contribution in [-0.4, -0.2) is 50.6 Å². The molecule has 0 N–H and O–H groups in total. The molecule has 1 fully saturated rings. The van der Waals surface area contributed by atoms with Gasteiger partial charge in [0.15, 0.2) is 0 Å². The van der Waals surface area contributed by atoms with Crippen molar-refractivity contribution in [1.29, 1.82) is 0 Å². The highest BCUT2D eigenvalue weighted by Crippen LogP contribution is 2.29. The largest absolute Gasteiger partial charge is 0.496 e. The van der Waals surface area contributed by atoms with Crippen LogP contribution in [0.4, 0.5) is 10.5 Å². The number of cyclic esters (lactones) is 1. The van der Waals surface area contributed by atoms with Gasteiger partial charge >= 0.3 is 6.09 Å². The Morgan fingerprint density at radius 2 is 2.04 bits per heavy atom. The van der Waals surface area contributed by atoms with Crippen molar-refractivity contribution in [2.45, 2.75) is 17.5 Å². The summed E-state index contributed by atoms with van der Waals surface area (Å²) in [5.74, 6) is 0.894. The lowest BCUT2D eigenvalue weighted by Gasteiger charge is -2.20. The molecule has 0 spiro atoms. The molecule has 0 radical (unpaired) electrons. The van der Waals surface area contributed by atoms with E-state index >= 15 is 0 Å². The molecule has 26 heavy (non-hydrogen) atoms. The van der Waals surface area contributed by atoms with Gasteiger partial charge in [-0.05, 0) is 43.1 Å². The van der Waals surface area contributed by atoms with Gasteiger partial charge in [-0.15, -0.1) is 11.8 Å². The number of benzene rings is 2. The predicted molar refractivity (Wildman–Crippen MR) is 105 cm³/mol. The van der Waals surface area contributed by atoms with E-state index in [9.17, 15) is 4.79 Å². The Labute approximate surface area is 158 Å². The first-order valence-corrected chi connectivity index (χ1v) is 9.76. The van der Waals surface area contributed by atoms with Crippen LogP contribution < -0.4 is 9.64 Å². The lowest BCUT2D eigenvalue weighted by atomic mass is 10.2. The molecule has 138 valence electrons. The van der Waals surface area contributed by atoms with E-state index in [1.807, 2.05) is 43.6 Å². The van der Waals surface area contributed by atoms with Crippen molar-refractivity contribution in [1.82, 2.24) is 4.90 Å². The van der Waals surface area contributed by atoms with Crippen molar-refractivity contribution in [2.75, 3.05) is 38.4 Å². The second kappa shape index (κ2) is 8.47. The van der Waals surface area contributed by atoms with E-state index in [4.69, 9.17) is 9.47 Å². The Kier molecular flexibility index (Phi) is 6.06. The van der Waals surface area contributed by atoms with E-state index in [1.165, 1.54) is 5.56 Å². The zero-order valence-corrected chi connectivity index (χ0v) is 16.2. The van der Waals surface area contributed by atoms with Gasteiger partial charge in [0.1, 0.15) is 11.9 Å². The number of para-hydroxylation sites is 1. The van der Waals surface area contributed by atoms with E-state index in [0.29, 0.717) is 13.1 Å². The molecule has 1 amide bonds. The maximum Gasteiger partial charge on any atom is 0.414 e. The zero-order chi connectivity index (χ0) is 18.5. The third-order valence-corrected chi connectivity index (χ3v) is 5.13. The molecule has 1 saturated heterocycles. The molecule has 0 aromatic heterocycles. The SMILES string of the molecule is COc1cc(CN(C)CC2CN(c3ccccc3)C(=O)O2)ccc1SC. The average Bonchev–Trinajstić information content (AvgIpc) is 3.02. The third-order valence-electron chi connectivity index (χ3n) is 4.36. The molecule has 3 rings (SSSR count). The van der Waals surface area contributed by atoms with E-state index in [1.54, 1.807) is 23.8 Å². The summed E-state index contributed by atoms with van der Waals surface area (Å²) >= 11 is 1.67. The van der Waals surface area contributed by atoms with Crippen molar-refractivity contribution in [3.63, 3.8) is 0 Å². The predicted octanol–water partition coefficient (Wildman–Crippen LogP) is 3.87. The number of rotatable bonds is 7. The smallest absolute Gasteiger partial charge is 0.414 e.